The van der Waals surface area contributed by atoms with Crippen molar-refractivity contribution in [3.8, 4) is 0 Å². The molecule has 2 aromatic heterocycles. The number of carbonyl (C=O) groups excluding carboxylic acids is 1. The number of aromatic nitrogens is 1. The molecule has 0 saturated heterocycles. The Hall–Kier alpha value is -1.26. The van der Waals surface area contributed by atoms with E-state index in [9.17, 15) is 4.79 Å². The fourth-order valence-electron chi connectivity index (χ4n) is 1.56. The van der Waals surface area contributed by atoms with Crippen molar-refractivity contribution >= 4 is 34.5 Å². The van der Waals surface area contributed by atoms with Crippen molar-refractivity contribution in [2.45, 2.75) is 33.1 Å². The van der Waals surface area contributed by atoms with Gasteiger partial charge in [0.05, 0.1) is 15.6 Å². The van der Waals surface area contributed by atoms with E-state index in [1.807, 2.05) is 29.8 Å². The molecule has 4 heteroatoms. The third-order valence-corrected chi connectivity index (χ3v) is 4.93. The van der Waals surface area contributed by atoms with Crippen molar-refractivity contribution < 1.29 is 4.79 Å². The number of allylic oxidation sites excluding steroid dienone is 1. The maximum absolute atomic E-state index is 12.2. The summed E-state index contributed by atoms with van der Waals surface area (Å²) in [6.07, 6.45) is 3.49. The van der Waals surface area contributed by atoms with Gasteiger partial charge in [-0.1, -0.05) is 26.8 Å². The fraction of sp³-hybridized carbons (Fsp3) is 0.333. The van der Waals surface area contributed by atoms with E-state index < -0.39 is 0 Å². The van der Waals surface area contributed by atoms with Gasteiger partial charge in [0.25, 0.3) is 0 Å². The lowest BCUT2D eigenvalue weighted by atomic mass is 9.98. The van der Waals surface area contributed by atoms with Crippen LogP contribution >= 0.6 is 22.7 Å². The maximum Gasteiger partial charge on any atom is 0.197 e. The molecular weight excluding hydrogens is 274 g/mol. The number of nitrogens with zero attached hydrogens (tertiary/aromatic N) is 1. The third-order valence-electron chi connectivity index (χ3n) is 2.63. The van der Waals surface area contributed by atoms with Crippen LogP contribution in [0.1, 0.15) is 46.7 Å². The summed E-state index contributed by atoms with van der Waals surface area (Å²) in [6, 6.07) is 1.99. The van der Waals surface area contributed by atoms with Gasteiger partial charge in [-0.05, 0) is 35.4 Å². The lowest BCUT2D eigenvalue weighted by Gasteiger charge is -2.13. The van der Waals surface area contributed by atoms with Crippen LogP contribution in [0.15, 0.2) is 22.9 Å². The average molecular weight is 291 g/mol. The van der Waals surface area contributed by atoms with Crippen molar-refractivity contribution in [1.29, 1.82) is 0 Å². The van der Waals surface area contributed by atoms with Crippen LogP contribution in [0.3, 0.4) is 0 Å². The minimum absolute atomic E-state index is 0.00890. The standard InChI is InChI=1S/C15H17NOS2/c1-10-13(19-14(16-10)15(2,3)4)12(17)6-5-11-7-8-18-9-11/h5-9H,1-4H3/b6-5-. The van der Waals surface area contributed by atoms with Crippen LogP contribution in [-0.4, -0.2) is 10.8 Å². The Morgan fingerprint density at radius 1 is 1.37 bits per heavy atom. The molecule has 0 saturated carbocycles. The maximum atomic E-state index is 12.2. The van der Waals surface area contributed by atoms with E-state index in [0.29, 0.717) is 0 Å². The number of thiophene rings is 1. The molecule has 0 aliphatic heterocycles. The molecule has 0 amide bonds. The summed E-state index contributed by atoms with van der Waals surface area (Å²) >= 11 is 3.13. The number of hydrogen-bond acceptors (Lipinski definition) is 4. The Balaban J connectivity index is 2.22. The monoisotopic (exact) mass is 291 g/mol. The molecule has 0 fully saturated rings. The van der Waals surface area contributed by atoms with Crippen molar-refractivity contribution in [3.05, 3.63) is 44.0 Å². The van der Waals surface area contributed by atoms with Crippen LogP contribution in [0.4, 0.5) is 0 Å². The van der Waals surface area contributed by atoms with Crippen LogP contribution in [0.25, 0.3) is 6.08 Å². The van der Waals surface area contributed by atoms with Crippen molar-refractivity contribution in [2.24, 2.45) is 0 Å². The zero-order valence-corrected chi connectivity index (χ0v) is 13.2. The van der Waals surface area contributed by atoms with E-state index in [1.54, 1.807) is 17.4 Å². The van der Waals surface area contributed by atoms with E-state index in [1.165, 1.54) is 11.3 Å². The Bertz CT molecular complexity index is 601. The Kier molecular flexibility index (Phi) is 4.02. The average Bonchev–Trinajstić information content (AvgIpc) is 2.93. The van der Waals surface area contributed by atoms with E-state index >= 15 is 0 Å². The first-order valence-electron chi connectivity index (χ1n) is 6.10. The van der Waals surface area contributed by atoms with E-state index in [-0.39, 0.29) is 11.2 Å². The highest BCUT2D eigenvalue weighted by atomic mass is 32.1. The van der Waals surface area contributed by atoms with Crippen LogP contribution < -0.4 is 0 Å². The lowest BCUT2D eigenvalue weighted by molar-refractivity contribution is 0.105. The molecule has 2 rings (SSSR count). The summed E-state index contributed by atoms with van der Waals surface area (Å²) in [6.45, 7) is 8.24. The highest BCUT2D eigenvalue weighted by Gasteiger charge is 2.22. The van der Waals surface area contributed by atoms with Crippen molar-refractivity contribution in [2.75, 3.05) is 0 Å². The minimum Gasteiger partial charge on any atom is -0.288 e. The molecule has 100 valence electrons. The summed E-state index contributed by atoms with van der Waals surface area (Å²) in [7, 11) is 0. The third kappa shape index (κ3) is 3.39. The second-order valence-electron chi connectivity index (χ2n) is 5.44. The van der Waals surface area contributed by atoms with Crippen molar-refractivity contribution in [1.82, 2.24) is 4.98 Å². The SMILES string of the molecule is Cc1nc(C(C)(C)C)sc1C(=O)/C=C\c1ccsc1. The molecule has 2 aromatic rings. The summed E-state index contributed by atoms with van der Waals surface area (Å²) in [5.41, 5.74) is 1.89. The Morgan fingerprint density at radius 2 is 2.11 bits per heavy atom. The predicted molar refractivity (Wildman–Crippen MR) is 83.2 cm³/mol. The van der Waals surface area contributed by atoms with Crippen LogP contribution in [0.2, 0.25) is 0 Å². The van der Waals surface area contributed by atoms with Gasteiger partial charge in [-0.2, -0.15) is 11.3 Å². The van der Waals surface area contributed by atoms with Gasteiger partial charge in [-0.25, -0.2) is 4.98 Å². The van der Waals surface area contributed by atoms with E-state index in [2.05, 4.69) is 25.8 Å². The molecule has 0 N–H and O–H groups in total. The summed E-state index contributed by atoms with van der Waals surface area (Å²) in [5, 5.41) is 5.03. The molecule has 0 aliphatic rings. The number of rotatable bonds is 3. The van der Waals surface area contributed by atoms with Gasteiger partial charge in [0.1, 0.15) is 0 Å². The Morgan fingerprint density at radius 3 is 2.63 bits per heavy atom. The summed E-state index contributed by atoms with van der Waals surface area (Å²) in [5.74, 6) is 0.0386. The van der Waals surface area contributed by atoms with E-state index in [0.717, 1.165) is 21.1 Å². The second-order valence-corrected chi connectivity index (χ2v) is 7.22. The summed E-state index contributed by atoms with van der Waals surface area (Å²) in [4.78, 5) is 17.4. The number of carbonyl (C=O) groups is 1. The quantitative estimate of drug-likeness (QED) is 0.605. The number of thiazole rings is 1. The molecule has 2 heterocycles. The molecule has 0 unspecified atom stereocenters. The first-order valence-corrected chi connectivity index (χ1v) is 7.86. The predicted octanol–water partition coefficient (Wildman–Crippen LogP) is 4.71. The molecule has 0 spiro atoms. The highest BCUT2D eigenvalue weighted by molar-refractivity contribution is 7.14. The molecule has 0 bridgehead atoms. The van der Waals surface area contributed by atoms with Gasteiger partial charge in [-0.15, -0.1) is 11.3 Å². The normalized spacial score (nSPS) is 12.2. The van der Waals surface area contributed by atoms with Gasteiger partial charge in [0, 0.05) is 5.41 Å². The topological polar surface area (TPSA) is 30.0 Å². The van der Waals surface area contributed by atoms with Gasteiger partial charge in [0.2, 0.25) is 0 Å². The first-order chi connectivity index (χ1) is 8.88. The first kappa shape index (κ1) is 14.2. The molecule has 0 aromatic carbocycles. The van der Waals surface area contributed by atoms with Gasteiger partial charge in [0.15, 0.2) is 5.78 Å². The fourth-order valence-corrected chi connectivity index (χ4v) is 3.24. The van der Waals surface area contributed by atoms with Crippen molar-refractivity contribution in [3.63, 3.8) is 0 Å². The van der Waals surface area contributed by atoms with E-state index in [4.69, 9.17) is 0 Å². The zero-order chi connectivity index (χ0) is 14.0. The number of ketones is 1. The lowest BCUT2D eigenvalue weighted by Crippen LogP contribution is -2.10. The molecular formula is C15H17NOS2. The highest BCUT2D eigenvalue weighted by Crippen LogP contribution is 2.29. The van der Waals surface area contributed by atoms with Crippen LogP contribution in [0.5, 0.6) is 0 Å². The van der Waals surface area contributed by atoms with Crippen LogP contribution in [-0.2, 0) is 5.41 Å². The largest absolute Gasteiger partial charge is 0.288 e. The number of aryl methyl sites for hydroxylation is 1. The van der Waals surface area contributed by atoms with Gasteiger partial charge < -0.3 is 0 Å². The molecule has 19 heavy (non-hydrogen) atoms. The Labute approximate surface area is 121 Å². The molecule has 0 atom stereocenters. The zero-order valence-electron chi connectivity index (χ0n) is 11.6. The minimum atomic E-state index is -0.00890. The molecule has 0 aliphatic carbocycles. The van der Waals surface area contributed by atoms with Gasteiger partial charge in [-0.3, -0.25) is 4.79 Å². The van der Waals surface area contributed by atoms with Gasteiger partial charge >= 0.3 is 0 Å². The van der Waals surface area contributed by atoms with Crippen LogP contribution in [0, 0.1) is 6.92 Å². The second kappa shape index (κ2) is 5.39. The molecule has 2 nitrogen and oxygen atoms in total. The number of hydrogen-bond donors (Lipinski definition) is 0. The molecule has 0 radical (unpaired) electrons. The smallest absolute Gasteiger partial charge is 0.197 e. The summed E-state index contributed by atoms with van der Waals surface area (Å²) < 4.78 is 0.